The molecule has 29 heavy (non-hydrogen) atoms. The van der Waals surface area contributed by atoms with Crippen molar-refractivity contribution in [3.05, 3.63) is 35.5 Å². The van der Waals surface area contributed by atoms with Crippen LogP contribution in [0.2, 0.25) is 0 Å². The first-order chi connectivity index (χ1) is 14.1. The van der Waals surface area contributed by atoms with Crippen LogP contribution < -0.4 is 15.8 Å². The van der Waals surface area contributed by atoms with E-state index in [1.54, 1.807) is 11.3 Å². The molecule has 0 saturated carbocycles. The van der Waals surface area contributed by atoms with Gasteiger partial charge in [0.1, 0.15) is 5.52 Å². The number of carbonyl (C=O) groups excluding carboxylic acids is 1. The third kappa shape index (κ3) is 5.07. The summed E-state index contributed by atoms with van der Waals surface area (Å²) < 4.78 is 19.5. The van der Waals surface area contributed by atoms with Crippen LogP contribution in [0, 0.1) is 11.7 Å². The minimum atomic E-state index is -0.399. The lowest BCUT2D eigenvalue weighted by atomic mass is 9.96. The molecule has 0 atom stereocenters. The molecule has 1 aromatic carbocycles. The minimum absolute atomic E-state index is 0.0385. The van der Waals surface area contributed by atoms with Crippen LogP contribution in [-0.4, -0.2) is 42.0 Å². The third-order valence-electron chi connectivity index (χ3n) is 4.85. The lowest BCUT2D eigenvalue weighted by Crippen LogP contribution is -2.40. The molecule has 10 heteroatoms. The second-order valence-corrected chi connectivity index (χ2v) is 9.94. The molecule has 1 aliphatic rings. The van der Waals surface area contributed by atoms with E-state index in [0.29, 0.717) is 22.1 Å². The Labute approximate surface area is 180 Å². The summed E-state index contributed by atoms with van der Waals surface area (Å²) in [5, 5.41) is 5.32. The molecule has 4 rings (SSSR count). The first kappa shape index (κ1) is 20.5. The van der Waals surface area contributed by atoms with Crippen LogP contribution in [0.4, 0.5) is 15.2 Å². The van der Waals surface area contributed by atoms with Gasteiger partial charge in [-0.2, -0.15) is 0 Å². The number of halogens is 1. The number of aromatic nitrogens is 1. The van der Waals surface area contributed by atoms with E-state index >= 15 is 0 Å². The third-order valence-corrected chi connectivity index (χ3v) is 7.64. The number of hydrogen-bond donors (Lipinski definition) is 3. The van der Waals surface area contributed by atoms with Crippen LogP contribution in [-0.2, 0) is 4.79 Å². The van der Waals surface area contributed by atoms with Gasteiger partial charge in [0.15, 0.2) is 10.9 Å². The van der Waals surface area contributed by atoms with E-state index in [9.17, 15) is 9.18 Å². The van der Waals surface area contributed by atoms with Gasteiger partial charge in [-0.15, -0.1) is 11.3 Å². The molecule has 0 aliphatic carbocycles. The van der Waals surface area contributed by atoms with Crippen molar-refractivity contribution < 1.29 is 9.18 Å². The van der Waals surface area contributed by atoms with Crippen molar-refractivity contribution in [3.8, 4) is 0 Å². The Morgan fingerprint density at radius 3 is 2.93 bits per heavy atom. The number of piperidine rings is 1. The van der Waals surface area contributed by atoms with Gasteiger partial charge >= 0.3 is 0 Å². The number of hydrogen-bond acceptors (Lipinski definition) is 8. The number of fused-ring (bicyclic) bond motifs is 1. The van der Waals surface area contributed by atoms with Crippen LogP contribution in [0.3, 0.4) is 0 Å². The van der Waals surface area contributed by atoms with Crippen molar-refractivity contribution in [1.29, 1.82) is 0 Å². The van der Waals surface area contributed by atoms with Crippen molar-refractivity contribution in [2.75, 3.05) is 36.2 Å². The Hall–Kier alpha value is -1.72. The summed E-state index contributed by atoms with van der Waals surface area (Å²) in [6.45, 7) is 3.25. The topological polar surface area (TPSA) is 83.3 Å². The monoisotopic (exact) mass is 451 g/mol. The molecule has 1 aliphatic heterocycles. The first-order valence-corrected chi connectivity index (χ1v) is 11.9. The van der Waals surface area contributed by atoms with Crippen LogP contribution >= 0.6 is 34.6 Å². The molecule has 3 aromatic rings. The average Bonchev–Trinajstić information content (AvgIpc) is 3.37. The van der Waals surface area contributed by atoms with E-state index < -0.39 is 5.82 Å². The molecule has 0 bridgehead atoms. The summed E-state index contributed by atoms with van der Waals surface area (Å²) >= 11 is 4.35. The summed E-state index contributed by atoms with van der Waals surface area (Å²) in [5.41, 5.74) is 6.55. The van der Waals surface area contributed by atoms with E-state index in [-0.39, 0.29) is 17.3 Å². The van der Waals surface area contributed by atoms with Gasteiger partial charge in [-0.1, -0.05) is 17.4 Å². The van der Waals surface area contributed by atoms with Gasteiger partial charge in [0.2, 0.25) is 5.91 Å². The Bertz CT molecular complexity index is 970. The maximum atomic E-state index is 14.5. The smallest absolute Gasteiger partial charge is 0.229 e. The number of carbonyl (C=O) groups is 1. The zero-order valence-electron chi connectivity index (χ0n) is 15.7. The maximum Gasteiger partial charge on any atom is 0.229 e. The normalized spacial score (nSPS) is 15.7. The predicted molar refractivity (Wildman–Crippen MR) is 120 cm³/mol. The predicted octanol–water partition coefficient (Wildman–Crippen LogP) is 4.23. The molecule has 2 aromatic heterocycles. The number of nitrogens with one attached hydrogen (secondary N) is 2. The van der Waals surface area contributed by atoms with Crippen LogP contribution in [0.25, 0.3) is 10.2 Å². The van der Waals surface area contributed by atoms with Crippen LogP contribution in [0.5, 0.6) is 0 Å². The molecule has 6 nitrogen and oxygen atoms in total. The Morgan fingerprint density at radius 1 is 1.38 bits per heavy atom. The number of thiazole rings is 1. The van der Waals surface area contributed by atoms with Crippen molar-refractivity contribution in [2.45, 2.75) is 17.1 Å². The van der Waals surface area contributed by atoms with E-state index in [1.165, 1.54) is 29.4 Å². The number of likely N-dealkylation sites (tertiary alicyclic amines) is 1. The number of amides is 1. The van der Waals surface area contributed by atoms with Gasteiger partial charge in [0, 0.05) is 30.8 Å². The average molecular weight is 452 g/mol. The zero-order chi connectivity index (χ0) is 20.2. The first-order valence-electron chi connectivity index (χ1n) is 9.42. The fourth-order valence-electron chi connectivity index (χ4n) is 3.34. The number of rotatable bonds is 7. The fourth-order valence-corrected chi connectivity index (χ4v) is 5.68. The number of benzene rings is 1. The van der Waals surface area contributed by atoms with Gasteiger partial charge in [-0.25, -0.2) is 9.37 Å². The molecule has 1 saturated heterocycles. The molecule has 0 unspecified atom stereocenters. The molecule has 4 N–H and O–H groups in total. The van der Waals surface area contributed by atoms with Gasteiger partial charge in [-0.3, -0.25) is 4.79 Å². The molecule has 1 amide bonds. The lowest BCUT2D eigenvalue weighted by molar-refractivity contribution is -0.121. The van der Waals surface area contributed by atoms with E-state index in [1.807, 2.05) is 23.6 Å². The molecular formula is C19H22FN5OS3. The zero-order valence-corrected chi connectivity index (χ0v) is 18.1. The standard InChI is InChI=1S/C19H22FN5OS3/c20-14-10-13(24-29-16-2-1-9-27-16)11-15-17(14)22-19(28-15)23-18(26)12-3-6-25(7-4-12)8-5-21/h1-2,9-12,24H,3-8,21H2,(H,22,23,26). The Kier molecular flexibility index (Phi) is 6.66. The number of anilines is 2. The highest BCUT2D eigenvalue weighted by molar-refractivity contribution is 8.02. The summed E-state index contributed by atoms with van der Waals surface area (Å²) in [5.74, 6) is -0.479. The number of nitrogens with two attached hydrogens (primary N) is 1. The molecular weight excluding hydrogens is 429 g/mol. The summed E-state index contributed by atoms with van der Waals surface area (Å²) in [4.78, 5) is 19.2. The van der Waals surface area contributed by atoms with Gasteiger partial charge in [0.05, 0.1) is 8.91 Å². The second-order valence-electron chi connectivity index (χ2n) is 6.85. The number of nitrogens with zero attached hydrogens (tertiary/aromatic N) is 2. The van der Waals surface area contributed by atoms with Gasteiger partial charge in [0.25, 0.3) is 0 Å². The molecule has 1 fully saturated rings. The van der Waals surface area contributed by atoms with E-state index in [2.05, 4.69) is 19.9 Å². The second kappa shape index (κ2) is 9.40. The van der Waals surface area contributed by atoms with Crippen LogP contribution in [0.1, 0.15) is 12.8 Å². The highest BCUT2D eigenvalue weighted by Gasteiger charge is 2.25. The molecule has 0 radical (unpaired) electrons. The van der Waals surface area contributed by atoms with Crippen molar-refractivity contribution in [3.63, 3.8) is 0 Å². The molecule has 154 valence electrons. The quantitative estimate of drug-likeness (QED) is 0.467. The van der Waals surface area contributed by atoms with Crippen molar-refractivity contribution in [1.82, 2.24) is 9.88 Å². The van der Waals surface area contributed by atoms with Crippen LogP contribution in [0.15, 0.2) is 33.9 Å². The SMILES string of the molecule is NCCN1CCC(C(=O)Nc2nc3c(F)cc(NSc4cccs4)cc3s2)CC1. The van der Waals surface area contributed by atoms with Crippen molar-refractivity contribution in [2.24, 2.45) is 11.7 Å². The van der Waals surface area contributed by atoms with E-state index in [0.717, 1.165) is 36.7 Å². The minimum Gasteiger partial charge on any atom is -0.329 e. The largest absolute Gasteiger partial charge is 0.329 e. The summed E-state index contributed by atoms with van der Waals surface area (Å²) in [6.07, 6.45) is 1.61. The Morgan fingerprint density at radius 2 is 2.21 bits per heavy atom. The van der Waals surface area contributed by atoms with Gasteiger partial charge in [-0.05, 0) is 55.4 Å². The molecule has 3 heterocycles. The highest BCUT2D eigenvalue weighted by Crippen LogP contribution is 2.33. The number of thiophene rings is 1. The Balaban J connectivity index is 1.40. The van der Waals surface area contributed by atoms with Gasteiger partial charge < -0.3 is 20.7 Å². The van der Waals surface area contributed by atoms with E-state index in [4.69, 9.17) is 5.73 Å². The molecule has 0 spiro atoms. The highest BCUT2D eigenvalue weighted by atomic mass is 32.2. The summed E-state index contributed by atoms with van der Waals surface area (Å²) in [7, 11) is 0. The fraction of sp³-hybridized carbons (Fsp3) is 0.368. The summed E-state index contributed by atoms with van der Waals surface area (Å²) in [6, 6.07) is 7.26. The maximum absolute atomic E-state index is 14.5. The lowest BCUT2D eigenvalue weighted by Gasteiger charge is -2.30. The van der Waals surface area contributed by atoms with Crippen molar-refractivity contribution >= 4 is 61.6 Å².